The van der Waals surface area contributed by atoms with Gasteiger partial charge in [-0.3, -0.25) is 9.48 Å². The molecule has 0 fully saturated rings. The van der Waals surface area contributed by atoms with Crippen molar-refractivity contribution in [3.8, 4) is 11.4 Å². The molecule has 9 heteroatoms. The maximum absolute atomic E-state index is 11.8. The molecule has 0 aliphatic carbocycles. The van der Waals surface area contributed by atoms with E-state index in [0.29, 0.717) is 16.4 Å². The molecule has 3 aromatic heterocycles. The average Bonchev–Trinajstić information content (AvgIpc) is 3.16. The summed E-state index contributed by atoms with van der Waals surface area (Å²) in [7, 11) is 1.80. The molecule has 0 atom stereocenters. The largest absolute Gasteiger partial charge is 0.444 e. The highest BCUT2D eigenvalue weighted by Gasteiger charge is 2.13. The maximum atomic E-state index is 11.8. The Bertz CT molecular complexity index is 775. The Morgan fingerprint density at radius 2 is 2.33 bits per heavy atom. The SMILES string of the molecule is Cn1cc(-c2noc(CNC(=O)c3ccc(Br)o3)n2)cn1. The Morgan fingerprint density at radius 1 is 1.48 bits per heavy atom. The lowest BCUT2D eigenvalue weighted by molar-refractivity contribution is 0.0917. The van der Waals surface area contributed by atoms with E-state index in [9.17, 15) is 4.79 Å². The molecule has 0 aromatic carbocycles. The van der Waals surface area contributed by atoms with Crippen molar-refractivity contribution >= 4 is 21.8 Å². The van der Waals surface area contributed by atoms with Gasteiger partial charge in [-0.2, -0.15) is 10.1 Å². The summed E-state index contributed by atoms with van der Waals surface area (Å²) in [6.45, 7) is 0.115. The fraction of sp³-hybridized carbons (Fsp3) is 0.167. The lowest BCUT2D eigenvalue weighted by Crippen LogP contribution is -2.22. The van der Waals surface area contributed by atoms with E-state index in [2.05, 4.69) is 36.5 Å². The molecule has 0 spiro atoms. The normalized spacial score (nSPS) is 10.8. The van der Waals surface area contributed by atoms with Crippen LogP contribution < -0.4 is 5.32 Å². The molecule has 0 aliphatic heterocycles. The predicted molar refractivity (Wildman–Crippen MR) is 74.1 cm³/mol. The molecule has 1 N–H and O–H groups in total. The van der Waals surface area contributed by atoms with Gasteiger partial charge in [-0.15, -0.1) is 0 Å². The number of carbonyl (C=O) groups excluding carboxylic acids is 1. The molecule has 0 saturated carbocycles. The van der Waals surface area contributed by atoms with Gasteiger partial charge in [-0.1, -0.05) is 5.16 Å². The molecule has 3 heterocycles. The maximum Gasteiger partial charge on any atom is 0.287 e. The molecule has 0 bridgehead atoms. The number of aromatic nitrogens is 4. The van der Waals surface area contributed by atoms with Gasteiger partial charge in [-0.25, -0.2) is 0 Å². The van der Waals surface area contributed by atoms with Gasteiger partial charge in [0.2, 0.25) is 11.7 Å². The number of carbonyl (C=O) groups is 1. The molecular formula is C12H10BrN5O3. The topological polar surface area (TPSA) is 99.0 Å². The number of amides is 1. The second-order valence-electron chi connectivity index (χ2n) is 4.20. The van der Waals surface area contributed by atoms with Crippen molar-refractivity contribution in [2.24, 2.45) is 7.05 Å². The third kappa shape index (κ3) is 3.02. The van der Waals surface area contributed by atoms with Crippen LogP contribution in [-0.4, -0.2) is 25.8 Å². The second-order valence-corrected chi connectivity index (χ2v) is 4.98. The van der Waals surface area contributed by atoms with E-state index >= 15 is 0 Å². The van der Waals surface area contributed by atoms with Crippen molar-refractivity contribution in [2.75, 3.05) is 0 Å². The second kappa shape index (κ2) is 5.52. The van der Waals surface area contributed by atoms with Gasteiger partial charge in [0.15, 0.2) is 10.4 Å². The van der Waals surface area contributed by atoms with Crippen LogP contribution in [0.25, 0.3) is 11.4 Å². The van der Waals surface area contributed by atoms with Crippen molar-refractivity contribution in [3.05, 3.63) is 40.8 Å². The van der Waals surface area contributed by atoms with E-state index in [1.807, 2.05) is 0 Å². The first-order valence-electron chi connectivity index (χ1n) is 5.97. The van der Waals surface area contributed by atoms with E-state index in [-0.39, 0.29) is 18.2 Å². The van der Waals surface area contributed by atoms with Gasteiger partial charge in [0.05, 0.1) is 18.3 Å². The minimum Gasteiger partial charge on any atom is -0.444 e. The summed E-state index contributed by atoms with van der Waals surface area (Å²) in [5.74, 6) is 0.566. The third-order valence-corrected chi connectivity index (χ3v) is 3.05. The molecular weight excluding hydrogens is 342 g/mol. The van der Waals surface area contributed by atoms with E-state index in [1.165, 1.54) is 0 Å². The lowest BCUT2D eigenvalue weighted by Gasteiger charge is -1.97. The summed E-state index contributed by atoms with van der Waals surface area (Å²) in [5.41, 5.74) is 0.744. The van der Waals surface area contributed by atoms with Gasteiger partial charge in [0, 0.05) is 13.2 Å². The number of rotatable bonds is 4. The van der Waals surface area contributed by atoms with E-state index in [0.717, 1.165) is 5.56 Å². The number of nitrogens with zero attached hydrogens (tertiary/aromatic N) is 4. The molecule has 0 saturated heterocycles. The van der Waals surface area contributed by atoms with Gasteiger partial charge < -0.3 is 14.3 Å². The highest BCUT2D eigenvalue weighted by Crippen LogP contribution is 2.15. The summed E-state index contributed by atoms with van der Waals surface area (Å²) in [4.78, 5) is 16.0. The molecule has 1 amide bonds. The van der Waals surface area contributed by atoms with Gasteiger partial charge in [-0.05, 0) is 28.1 Å². The van der Waals surface area contributed by atoms with Crippen molar-refractivity contribution in [1.82, 2.24) is 25.2 Å². The van der Waals surface area contributed by atoms with E-state index < -0.39 is 0 Å². The van der Waals surface area contributed by atoms with E-state index in [4.69, 9.17) is 8.94 Å². The van der Waals surface area contributed by atoms with Crippen LogP contribution in [0.4, 0.5) is 0 Å². The van der Waals surface area contributed by atoms with Crippen molar-refractivity contribution in [2.45, 2.75) is 6.54 Å². The molecule has 0 unspecified atom stereocenters. The number of aryl methyl sites for hydroxylation is 1. The average molecular weight is 352 g/mol. The Labute approximate surface area is 127 Å². The Morgan fingerprint density at radius 3 is 3.00 bits per heavy atom. The van der Waals surface area contributed by atoms with Crippen LogP contribution in [0.15, 0.2) is 38.1 Å². The fourth-order valence-electron chi connectivity index (χ4n) is 1.66. The number of hydrogen-bond donors (Lipinski definition) is 1. The lowest BCUT2D eigenvalue weighted by atomic mass is 10.3. The van der Waals surface area contributed by atoms with Crippen LogP contribution in [0.5, 0.6) is 0 Å². The first kappa shape index (κ1) is 13.6. The van der Waals surface area contributed by atoms with Gasteiger partial charge >= 0.3 is 0 Å². The van der Waals surface area contributed by atoms with E-state index in [1.54, 1.807) is 36.3 Å². The van der Waals surface area contributed by atoms with Gasteiger partial charge in [0.1, 0.15) is 0 Å². The Balaban J connectivity index is 1.64. The number of hydrogen-bond acceptors (Lipinski definition) is 6. The zero-order valence-electron chi connectivity index (χ0n) is 10.9. The molecule has 0 aliphatic rings. The molecule has 21 heavy (non-hydrogen) atoms. The van der Waals surface area contributed by atoms with Gasteiger partial charge in [0.25, 0.3) is 5.91 Å². The van der Waals surface area contributed by atoms with Crippen LogP contribution in [0, 0.1) is 0 Å². The molecule has 3 rings (SSSR count). The summed E-state index contributed by atoms with van der Waals surface area (Å²) in [6.07, 6.45) is 3.40. The number of halogens is 1. The first-order chi connectivity index (χ1) is 10.1. The standard InChI is InChI=1S/C12H10BrN5O3/c1-18-6-7(4-15-18)11-16-10(21-17-11)5-14-12(19)8-2-3-9(13)20-8/h2-4,6H,5H2,1H3,(H,14,19). The zero-order chi connectivity index (χ0) is 14.8. The highest BCUT2D eigenvalue weighted by molar-refractivity contribution is 9.10. The minimum atomic E-state index is -0.359. The monoisotopic (exact) mass is 351 g/mol. The summed E-state index contributed by atoms with van der Waals surface area (Å²) < 4.78 is 12.3. The van der Waals surface area contributed by atoms with Crippen molar-refractivity contribution < 1.29 is 13.7 Å². The van der Waals surface area contributed by atoms with Crippen molar-refractivity contribution in [3.63, 3.8) is 0 Å². The van der Waals surface area contributed by atoms with Crippen molar-refractivity contribution in [1.29, 1.82) is 0 Å². The Hall–Kier alpha value is -2.42. The number of nitrogens with one attached hydrogen (secondary N) is 1. The summed E-state index contributed by atoms with van der Waals surface area (Å²) in [5, 5.41) is 10.5. The fourth-order valence-corrected chi connectivity index (χ4v) is 1.97. The molecule has 0 radical (unpaired) electrons. The molecule has 3 aromatic rings. The minimum absolute atomic E-state index is 0.115. The smallest absolute Gasteiger partial charge is 0.287 e. The van der Waals surface area contributed by atoms with Crippen LogP contribution >= 0.6 is 15.9 Å². The van der Waals surface area contributed by atoms with Crippen LogP contribution in [0.2, 0.25) is 0 Å². The Kier molecular flexibility index (Phi) is 3.57. The summed E-state index contributed by atoms with van der Waals surface area (Å²) in [6, 6.07) is 3.20. The van der Waals surface area contributed by atoms with Crippen LogP contribution in [-0.2, 0) is 13.6 Å². The van der Waals surface area contributed by atoms with Crippen LogP contribution in [0.3, 0.4) is 0 Å². The number of furan rings is 1. The van der Waals surface area contributed by atoms with Crippen LogP contribution in [0.1, 0.15) is 16.4 Å². The third-order valence-electron chi connectivity index (χ3n) is 2.63. The molecule has 108 valence electrons. The predicted octanol–water partition coefficient (Wildman–Crippen LogP) is 1.76. The first-order valence-corrected chi connectivity index (χ1v) is 6.76. The quantitative estimate of drug-likeness (QED) is 0.768. The molecule has 8 nitrogen and oxygen atoms in total. The zero-order valence-corrected chi connectivity index (χ0v) is 12.5. The highest BCUT2D eigenvalue weighted by atomic mass is 79.9. The summed E-state index contributed by atoms with van der Waals surface area (Å²) >= 11 is 3.13.